The largest absolute Gasteiger partial charge is 0.351 e. The fourth-order valence-corrected chi connectivity index (χ4v) is 4.12. The molecule has 5 nitrogen and oxygen atoms in total. The normalized spacial score (nSPS) is 11.9. The molecule has 0 aliphatic carbocycles. The number of aromatic nitrogens is 2. The molecular formula is C24H20FN3O2S. The lowest BCUT2D eigenvalue weighted by atomic mass is 10.2. The van der Waals surface area contributed by atoms with Gasteiger partial charge in [0.1, 0.15) is 5.82 Å². The summed E-state index contributed by atoms with van der Waals surface area (Å²) in [4.78, 5) is 30.4. The summed E-state index contributed by atoms with van der Waals surface area (Å²) in [5, 5.41) is 2.99. The number of benzene rings is 3. The van der Waals surface area contributed by atoms with E-state index in [0.717, 1.165) is 17.3 Å². The van der Waals surface area contributed by atoms with E-state index in [2.05, 4.69) is 10.3 Å². The van der Waals surface area contributed by atoms with Crippen molar-refractivity contribution in [3.63, 3.8) is 0 Å². The van der Waals surface area contributed by atoms with E-state index in [1.807, 2.05) is 30.3 Å². The van der Waals surface area contributed by atoms with Gasteiger partial charge in [-0.15, -0.1) is 0 Å². The molecule has 0 fully saturated rings. The predicted octanol–water partition coefficient (Wildman–Crippen LogP) is 4.32. The lowest BCUT2D eigenvalue weighted by molar-refractivity contribution is -0.120. The molecule has 0 saturated carbocycles. The maximum atomic E-state index is 14.6. The minimum absolute atomic E-state index is 0.102. The van der Waals surface area contributed by atoms with E-state index < -0.39 is 11.1 Å². The summed E-state index contributed by atoms with van der Waals surface area (Å²) in [7, 11) is 0. The van der Waals surface area contributed by atoms with Crippen LogP contribution in [-0.2, 0) is 11.3 Å². The van der Waals surface area contributed by atoms with Crippen LogP contribution in [0.4, 0.5) is 4.39 Å². The minimum atomic E-state index is -0.546. The second-order valence-corrected chi connectivity index (χ2v) is 8.27. The molecule has 0 aliphatic rings. The molecule has 0 bridgehead atoms. The number of amides is 1. The van der Waals surface area contributed by atoms with E-state index in [4.69, 9.17) is 0 Å². The van der Waals surface area contributed by atoms with Crippen molar-refractivity contribution in [2.45, 2.75) is 23.9 Å². The highest BCUT2D eigenvalue weighted by Gasteiger charge is 2.21. The van der Waals surface area contributed by atoms with Crippen LogP contribution in [-0.4, -0.2) is 20.7 Å². The Labute approximate surface area is 182 Å². The summed E-state index contributed by atoms with van der Waals surface area (Å²) in [5.41, 5.74) is 1.21. The Hall–Kier alpha value is -3.45. The van der Waals surface area contributed by atoms with Gasteiger partial charge >= 0.3 is 0 Å². The van der Waals surface area contributed by atoms with Crippen molar-refractivity contribution in [3.8, 4) is 5.69 Å². The zero-order valence-corrected chi connectivity index (χ0v) is 17.6. The monoisotopic (exact) mass is 433 g/mol. The van der Waals surface area contributed by atoms with Gasteiger partial charge in [0.15, 0.2) is 5.16 Å². The molecule has 0 aliphatic heterocycles. The zero-order chi connectivity index (χ0) is 21.8. The third-order valence-electron chi connectivity index (χ3n) is 4.80. The molecule has 1 amide bonds. The minimum Gasteiger partial charge on any atom is -0.351 e. The lowest BCUT2D eigenvalue weighted by Crippen LogP contribution is -2.31. The number of carbonyl (C=O) groups excluding carboxylic acids is 1. The van der Waals surface area contributed by atoms with Crippen molar-refractivity contribution in [1.82, 2.24) is 14.9 Å². The fraction of sp³-hybridized carbons (Fsp3) is 0.125. The smallest absolute Gasteiger partial charge is 0.266 e. The molecule has 1 unspecified atom stereocenters. The Kier molecular flexibility index (Phi) is 6.13. The molecule has 156 valence electrons. The Morgan fingerprint density at radius 1 is 1.03 bits per heavy atom. The molecule has 1 aromatic heterocycles. The third-order valence-corrected chi connectivity index (χ3v) is 5.85. The van der Waals surface area contributed by atoms with Crippen molar-refractivity contribution in [1.29, 1.82) is 0 Å². The van der Waals surface area contributed by atoms with Crippen LogP contribution in [0.15, 0.2) is 88.8 Å². The Bertz CT molecular complexity index is 1290. The quantitative estimate of drug-likeness (QED) is 0.363. The summed E-state index contributed by atoms with van der Waals surface area (Å²) in [6, 6.07) is 22.5. The lowest BCUT2D eigenvalue weighted by Gasteiger charge is -2.17. The molecule has 4 rings (SSSR count). The van der Waals surface area contributed by atoms with Crippen LogP contribution in [0.3, 0.4) is 0 Å². The molecule has 3 aromatic carbocycles. The van der Waals surface area contributed by atoms with Crippen LogP contribution in [0.1, 0.15) is 12.5 Å². The number of para-hydroxylation sites is 2. The van der Waals surface area contributed by atoms with E-state index >= 15 is 0 Å². The van der Waals surface area contributed by atoms with Gasteiger partial charge in [-0.2, -0.15) is 0 Å². The van der Waals surface area contributed by atoms with Gasteiger partial charge < -0.3 is 5.32 Å². The van der Waals surface area contributed by atoms with Gasteiger partial charge in [0.05, 0.1) is 21.8 Å². The van der Waals surface area contributed by atoms with E-state index in [-0.39, 0.29) is 22.3 Å². The van der Waals surface area contributed by atoms with Gasteiger partial charge in [-0.25, -0.2) is 9.37 Å². The first-order chi connectivity index (χ1) is 15.0. The average molecular weight is 434 g/mol. The first-order valence-corrected chi connectivity index (χ1v) is 10.7. The SMILES string of the molecule is CC(Sc1nc2ccccc2c(=O)n1-c1ccccc1F)C(=O)NCc1ccccc1. The van der Waals surface area contributed by atoms with Gasteiger partial charge in [-0.3, -0.25) is 14.2 Å². The van der Waals surface area contributed by atoms with Crippen LogP contribution < -0.4 is 10.9 Å². The molecule has 31 heavy (non-hydrogen) atoms. The maximum absolute atomic E-state index is 14.6. The van der Waals surface area contributed by atoms with E-state index in [1.54, 1.807) is 43.3 Å². The van der Waals surface area contributed by atoms with E-state index in [0.29, 0.717) is 17.4 Å². The Morgan fingerprint density at radius 2 is 1.71 bits per heavy atom. The standard InChI is InChI=1S/C24H20FN3O2S/c1-16(22(29)26-15-17-9-3-2-4-10-17)31-24-27-20-13-7-5-11-18(20)23(30)28(24)21-14-8-6-12-19(21)25/h2-14,16H,15H2,1H3,(H,26,29). The van der Waals surface area contributed by atoms with E-state index in [9.17, 15) is 14.0 Å². The number of rotatable bonds is 6. The number of carbonyl (C=O) groups is 1. The highest BCUT2D eigenvalue weighted by molar-refractivity contribution is 8.00. The number of nitrogens with zero attached hydrogens (tertiary/aromatic N) is 2. The number of hydrogen-bond acceptors (Lipinski definition) is 4. The van der Waals surface area contributed by atoms with Crippen molar-refractivity contribution in [2.75, 3.05) is 0 Å². The average Bonchev–Trinajstić information content (AvgIpc) is 2.79. The second-order valence-electron chi connectivity index (χ2n) is 6.97. The summed E-state index contributed by atoms with van der Waals surface area (Å²) in [5.74, 6) is -0.735. The number of thioether (sulfide) groups is 1. The van der Waals surface area contributed by atoms with Crippen LogP contribution in [0, 0.1) is 5.82 Å². The first-order valence-electron chi connectivity index (χ1n) is 9.79. The molecule has 0 spiro atoms. The molecule has 7 heteroatoms. The van der Waals surface area contributed by atoms with Gasteiger partial charge in [0.2, 0.25) is 5.91 Å². The maximum Gasteiger partial charge on any atom is 0.266 e. The predicted molar refractivity (Wildman–Crippen MR) is 121 cm³/mol. The molecular weight excluding hydrogens is 413 g/mol. The van der Waals surface area contributed by atoms with Crippen molar-refractivity contribution >= 4 is 28.6 Å². The number of nitrogens with one attached hydrogen (secondary N) is 1. The molecule has 1 N–H and O–H groups in total. The van der Waals surface area contributed by atoms with Crippen molar-refractivity contribution in [2.24, 2.45) is 0 Å². The first kappa shape index (κ1) is 20.8. The summed E-state index contributed by atoms with van der Waals surface area (Å²) < 4.78 is 15.8. The Morgan fingerprint density at radius 3 is 2.48 bits per heavy atom. The number of fused-ring (bicyclic) bond motifs is 1. The van der Waals surface area contributed by atoms with Crippen LogP contribution in [0.25, 0.3) is 16.6 Å². The van der Waals surface area contributed by atoms with Crippen LogP contribution in [0.2, 0.25) is 0 Å². The van der Waals surface area contributed by atoms with Crippen molar-refractivity contribution < 1.29 is 9.18 Å². The number of halogens is 1. The summed E-state index contributed by atoms with van der Waals surface area (Å²) in [6.07, 6.45) is 0. The van der Waals surface area contributed by atoms with Gasteiger partial charge in [0.25, 0.3) is 5.56 Å². The summed E-state index contributed by atoms with van der Waals surface area (Å²) >= 11 is 1.12. The third kappa shape index (κ3) is 4.51. The highest BCUT2D eigenvalue weighted by atomic mass is 32.2. The van der Waals surface area contributed by atoms with Gasteiger partial charge in [-0.05, 0) is 36.8 Å². The van der Waals surface area contributed by atoms with Crippen LogP contribution >= 0.6 is 11.8 Å². The van der Waals surface area contributed by atoms with Crippen LogP contribution in [0.5, 0.6) is 0 Å². The highest BCUT2D eigenvalue weighted by Crippen LogP contribution is 2.26. The number of hydrogen-bond donors (Lipinski definition) is 1. The fourth-order valence-electron chi connectivity index (χ4n) is 3.18. The van der Waals surface area contributed by atoms with Crippen molar-refractivity contribution in [3.05, 3.63) is 101 Å². The molecule has 0 saturated heterocycles. The Balaban J connectivity index is 1.68. The van der Waals surface area contributed by atoms with E-state index in [1.165, 1.54) is 16.7 Å². The second kappa shape index (κ2) is 9.14. The summed E-state index contributed by atoms with van der Waals surface area (Å²) in [6.45, 7) is 2.13. The topological polar surface area (TPSA) is 64.0 Å². The zero-order valence-electron chi connectivity index (χ0n) is 16.8. The molecule has 4 aromatic rings. The van der Waals surface area contributed by atoms with Gasteiger partial charge in [-0.1, -0.05) is 66.4 Å². The molecule has 0 radical (unpaired) electrons. The van der Waals surface area contributed by atoms with Gasteiger partial charge in [0, 0.05) is 6.54 Å². The molecule has 1 heterocycles. The molecule has 1 atom stereocenters.